The zero-order chi connectivity index (χ0) is 13.8. The Morgan fingerprint density at radius 3 is 2.74 bits per heavy atom. The molecule has 1 aromatic carbocycles. The summed E-state index contributed by atoms with van der Waals surface area (Å²) in [4.78, 5) is 4.21. The minimum Gasteiger partial charge on any atom is -0.489 e. The standard InChI is InChI=1S/C15H21N3O/c1-10(2)19-15-8-13(11-3-5-18-6-4-11)12(9-16)7-14(15)17/h3,5,7-8,10H,4,6,9,16-17H2,1-2H3. The van der Waals surface area contributed by atoms with Gasteiger partial charge in [0.15, 0.2) is 0 Å². The first-order chi connectivity index (χ1) is 9.11. The third kappa shape index (κ3) is 3.15. The monoisotopic (exact) mass is 259 g/mol. The van der Waals surface area contributed by atoms with Crippen molar-refractivity contribution < 1.29 is 4.74 Å². The number of benzene rings is 1. The van der Waals surface area contributed by atoms with Gasteiger partial charge in [-0.05, 0) is 55.2 Å². The van der Waals surface area contributed by atoms with Gasteiger partial charge in [0.2, 0.25) is 0 Å². The molecule has 0 amide bonds. The van der Waals surface area contributed by atoms with Gasteiger partial charge in [0.25, 0.3) is 0 Å². The Morgan fingerprint density at radius 1 is 1.37 bits per heavy atom. The molecule has 1 heterocycles. The maximum Gasteiger partial charge on any atom is 0.143 e. The van der Waals surface area contributed by atoms with E-state index in [-0.39, 0.29) is 6.10 Å². The fourth-order valence-electron chi connectivity index (χ4n) is 2.18. The predicted octanol–water partition coefficient (Wildman–Crippen LogP) is 2.37. The molecule has 0 unspecified atom stereocenters. The number of nitrogens with two attached hydrogens (primary N) is 2. The van der Waals surface area contributed by atoms with Crippen LogP contribution in [0.1, 0.15) is 31.4 Å². The average molecular weight is 259 g/mol. The molecule has 0 fully saturated rings. The maximum atomic E-state index is 6.02. The van der Waals surface area contributed by atoms with Crippen LogP contribution >= 0.6 is 0 Å². The van der Waals surface area contributed by atoms with E-state index in [0.717, 1.165) is 29.8 Å². The first kappa shape index (κ1) is 13.6. The number of hydrogen-bond donors (Lipinski definition) is 2. The lowest BCUT2D eigenvalue weighted by molar-refractivity contribution is 0.243. The molecule has 0 saturated carbocycles. The molecule has 0 spiro atoms. The quantitative estimate of drug-likeness (QED) is 0.815. The Bertz CT molecular complexity index is 518. The molecular formula is C15H21N3O. The van der Waals surface area contributed by atoms with E-state index in [4.69, 9.17) is 16.2 Å². The van der Waals surface area contributed by atoms with Crippen molar-refractivity contribution in [3.8, 4) is 5.75 Å². The highest BCUT2D eigenvalue weighted by molar-refractivity contribution is 5.87. The SMILES string of the molecule is CC(C)Oc1cc(C2=CC=NCC2)c(CN)cc1N. The Balaban J connectivity index is 2.45. The first-order valence-corrected chi connectivity index (χ1v) is 6.60. The van der Waals surface area contributed by atoms with Crippen LogP contribution in [0.15, 0.2) is 23.2 Å². The van der Waals surface area contributed by atoms with Crippen LogP contribution in [0.5, 0.6) is 5.75 Å². The highest BCUT2D eigenvalue weighted by Gasteiger charge is 2.13. The minimum absolute atomic E-state index is 0.0979. The van der Waals surface area contributed by atoms with Crippen molar-refractivity contribution in [3.63, 3.8) is 0 Å². The highest BCUT2D eigenvalue weighted by Crippen LogP contribution is 2.32. The van der Waals surface area contributed by atoms with Gasteiger partial charge < -0.3 is 16.2 Å². The molecule has 0 aliphatic carbocycles. The molecular weight excluding hydrogens is 238 g/mol. The number of ether oxygens (including phenoxy) is 1. The van der Waals surface area contributed by atoms with E-state index in [9.17, 15) is 0 Å². The molecule has 0 saturated heterocycles. The molecule has 4 heteroatoms. The van der Waals surface area contributed by atoms with E-state index in [1.807, 2.05) is 38.3 Å². The molecule has 2 rings (SSSR count). The molecule has 4 nitrogen and oxygen atoms in total. The molecule has 0 radical (unpaired) electrons. The van der Waals surface area contributed by atoms with Crippen LogP contribution in [-0.2, 0) is 6.54 Å². The third-order valence-corrected chi connectivity index (χ3v) is 3.06. The summed E-state index contributed by atoms with van der Waals surface area (Å²) in [7, 11) is 0. The molecule has 1 aromatic rings. The molecule has 102 valence electrons. The van der Waals surface area contributed by atoms with Gasteiger partial charge in [0, 0.05) is 19.3 Å². The molecule has 1 aliphatic heterocycles. The molecule has 19 heavy (non-hydrogen) atoms. The van der Waals surface area contributed by atoms with E-state index in [1.165, 1.54) is 5.57 Å². The van der Waals surface area contributed by atoms with Gasteiger partial charge in [-0.3, -0.25) is 4.99 Å². The predicted molar refractivity (Wildman–Crippen MR) is 80.5 cm³/mol. The van der Waals surface area contributed by atoms with Gasteiger partial charge in [-0.15, -0.1) is 0 Å². The van der Waals surface area contributed by atoms with Crippen LogP contribution < -0.4 is 16.2 Å². The number of nitrogen functional groups attached to an aromatic ring is 1. The van der Waals surface area contributed by atoms with Gasteiger partial charge in [0.05, 0.1) is 11.8 Å². The van der Waals surface area contributed by atoms with Crippen LogP contribution in [0.25, 0.3) is 5.57 Å². The number of dihydropyridines is 1. The molecule has 0 bridgehead atoms. The number of rotatable bonds is 4. The second kappa shape index (κ2) is 5.89. The highest BCUT2D eigenvalue weighted by atomic mass is 16.5. The van der Waals surface area contributed by atoms with Gasteiger partial charge >= 0.3 is 0 Å². The van der Waals surface area contributed by atoms with Crippen molar-refractivity contribution in [2.75, 3.05) is 12.3 Å². The number of hydrogen-bond acceptors (Lipinski definition) is 4. The fraction of sp³-hybridized carbons (Fsp3) is 0.400. The van der Waals surface area contributed by atoms with Crippen molar-refractivity contribution in [2.24, 2.45) is 10.7 Å². The second-order valence-corrected chi connectivity index (χ2v) is 4.92. The summed E-state index contributed by atoms with van der Waals surface area (Å²) in [5.41, 5.74) is 15.9. The topological polar surface area (TPSA) is 73.6 Å². The summed E-state index contributed by atoms with van der Waals surface area (Å²) >= 11 is 0. The molecule has 4 N–H and O–H groups in total. The Hall–Kier alpha value is -1.81. The van der Waals surface area contributed by atoms with Gasteiger partial charge in [-0.2, -0.15) is 0 Å². The van der Waals surface area contributed by atoms with E-state index in [1.54, 1.807) is 0 Å². The summed E-state index contributed by atoms with van der Waals surface area (Å²) in [5.74, 6) is 0.727. The van der Waals surface area contributed by atoms with E-state index in [0.29, 0.717) is 12.2 Å². The van der Waals surface area contributed by atoms with Crippen LogP contribution in [0.4, 0.5) is 5.69 Å². The van der Waals surface area contributed by atoms with Crippen molar-refractivity contribution in [1.29, 1.82) is 0 Å². The average Bonchev–Trinajstić information content (AvgIpc) is 2.41. The number of nitrogens with zero attached hydrogens (tertiary/aromatic N) is 1. The van der Waals surface area contributed by atoms with Crippen molar-refractivity contribution in [3.05, 3.63) is 29.3 Å². The summed E-state index contributed by atoms with van der Waals surface area (Å²) in [6, 6.07) is 3.92. The largest absolute Gasteiger partial charge is 0.489 e. The van der Waals surface area contributed by atoms with E-state index in [2.05, 4.69) is 4.99 Å². The molecule has 0 aromatic heterocycles. The van der Waals surface area contributed by atoms with Crippen LogP contribution in [-0.4, -0.2) is 18.9 Å². The summed E-state index contributed by atoms with van der Waals surface area (Å²) in [6.07, 6.45) is 4.90. The van der Waals surface area contributed by atoms with Crippen molar-refractivity contribution in [2.45, 2.75) is 32.9 Å². The zero-order valence-corrected chi connectivity index (χ0v) is 11.5. The van der Waals surface area contributed by atoms with Gasteiger partial charge in [-0.1, -0.05) is 0 Å². The van der Waals surface area contributed by atoms with E-state index < -0.39 is 0 Å². The van der Waals surface area contributed by atoms with Crippen LogP contribution in [0.3, 0.4) is 0 Å². The normalized spacial score (nSPS) is 14.6. The first-order valence-electron chi connectivity index (χ1n) is 6.60. The third-order valence-electron chi connectivity index (χ3n) is 3.06. The lowest BCUT2D eigenvalue weighted by atomic mass is 9.95. The Morgan fingerprint density at radius 2 is 2.16 bits per heavy atom. The van der Waals surface area contributed by atoms with Crippen molar-refractivity contribution >= 4 is 17.5 Å². The van der Waals surface area contributed by atoms with Gasteiger partial charge in [0.1, 0.15) is 5.75 Å². The van der Waals surface area contributed by atoms with Crippen LogP contribution in [0.2, 0.25) is 0 Å². The second-order valence-electron chi connectivity index (χ2n) is 4.92. The summed E-state index contributed by atoms with van der Waals surface area (Å²) < 4.78 is 5.75. The Labute approximate surface area is 114 Å². The molecule has 0 atom stereocenters. The van der Waals surface area contributed by atoms with Gasteiger partial charge in [-0.25, -0.2) is 0 Å². The summed E-state index contributed by atoms with van der Waals surface area (Å²) in [5, 5.41) is 0. The molecule has 1 aliphatic rings. The zero-order valence-electron chi connectivity index (χ0n) is 11.5. The van der Waals surface area contributed by atoms with Crippen molar-refractivity contribution in [1.82, 2.24) is 0 Å². The van der Waals surface area contributed by atoms with Crippen LogP contribution in [0, 0.1) is 0 Å². The fourth-order valence-corrected chi connectivity index (χ4v) is 2.18. The number of aliphatic imine (C=N–C) groups is 1. The number of anilines is 1. The maximum absolute atomic E-state index is 6.02. The lowest BCUT2D eigenvalue weighted by Gasteiger charge is -2.18. The smallest absolute Gasteiger partial charge is 0.143 e. The van der Waals surface area contributed by atoms with E-state index >= 15 is 0 Å². The Kier molecular flexibility index (Phi) is 4.22. The number of allylic oxidation sites excluding steroid dienone is 1. The lowest BCUT2D eigenvalue weighted by Crippen LogP contribution is -2.10. The summed E-state index contributed by atoms with van der Waals surface area (Å²) in [6.45, 7) is 5.27. The minimum atomic E-state index is 0.0979.